The molecule has 1 amide bonds. The molecule has 0 unspecified atom stereocenters. The van der Waals surface area contributed by atoms with Gasteiger partial charge in [0.1, 0.15) is 0 Å². The minimum atomic E-state index is -3.58. The number of carbonyl (C=O) groups is 1. The molecule has 0 atom stereocenters. The summed E-state index contributed by atoms with van der Waals surface area (Å²) in [5, 5.41) is 13.1. The number of nitrogens with zero attached hydrogens (tertiary/aromatic N) is 2. The maximum atomic E-state index is 12.7. The number of hydrogen-bond acceptors (Lipinski definition) is 6. The van der Waals surface area contributed by atoms with Crippen LogP contribution in [0.4, 0.5) is 0 Å². The lowest BCUT2D eigenvalue weighted by atomic mass is 10.1. The fourth-order valence-corrected chi connectivity index (χ4v) is 4.75. The molecule has 3 aromatic rings. The Morgan fingerprint density at radius 3 is 2.42 bits per heavy atom. The third-order valence-corrected chi connectivity index (χ3v) is 7.40. The first-order valence-electron chi connectivity index (χ1n) is 11.2. The number of aromatic nitrogens is 1. The number of furan rings is 1. The van der Waals surface area contributed by atoms with E-state index in [1.807, 2.05) is 0 Å². The predicted octanol–water partition coefficient (Wildman–Crippen LogP) is 3.71. The van der Waals surface area contributed by atoms with Crippen molar-refractivity contribution in [2.75, 3.05) is 13.1 Å². The van der Waals surface area contributed by atoms with E-state index < -0.39 is 16.1 Å². The molecule has 0 spiro atoms. The Balaban J connectivity index is 0.000000709. The second-order valence-corrected chi connectivity index (χ2v) is 9.92. The van der Waals surface area contributed by atoms with Gasteiger partial charge < -0.3 is 14.8 Å². The van der Waals surface area contributed by atoms with Gasteiger partial charge in [-0.1, -0.05) is 38.8 Å². The average molecular weight is 474 g/mol. The van der Waals surface area contributed by atoms with Crippen LogP contribution in [-0.2, 0) is 16.6 Å². The smallest absolute Gasteiger partial charge is 0.287 e. The first-order valence-corrected chi connectivity index (χ1v) is 12.7. The number of benzene rings is 1. The van der Waals surface area contributed by atoms with Crippen LogP contribution in [0.5, 0.6) is 0 Å². The largest absolute Gasteiger partial charge is 0.449 e. The molecule has 1 aliphatic rings. The van der Waals surface area contributed by atoms with Crippen LogP contribution in [-0.4, -0.2) is 47.9 Å². The SMILES string of the molecule is CCCC.O=C(NCc1ccc(S(=O)(=O)N2CCC(O)CC2)cc1)c1cc2ccncc2o1. The molecule has 1 fully saturated rings. The number of fused-ring (bicyclic) bond motifs is 1. The second-order valence-electron chi connectivity index (χ2n) is 7.99. The third kappa shape index (κ3) is 6.40. The van der Waals surface area contributed by atoms with Gasteiger partial charge in [0, 0.05) is 31.2 Å². The molecule has 9 heteroatoms. The lowest BCUT2D eigenvalue weighted by Gasteiger charge is -2.28. The normalized spacial score (nSPS) is 15.1. The molecule has 2 N–H and O–H groups in total. The maximum Gasteiger partial charge on any atom is 0.287 e. The molecule has 178 valence electrons. The molecule has 0 aliphatic carbocycles. The Bertz CT molecular complexity index is 1120. The average Bonchev–Trinajstić information content (AvgIpc) is 3.28. The van der Waals surface area contributed by atoms with Crippen molar-refractivity contribution in [3.05, 3.63) is 60.1 Å². The van der Waals surface area contributed by atoms with E-state index in [4.69, 9.17) is 4.42 Å². The van der Waals surface area contributed by atoms with Gasteiger partial charge in [-0.25, -0.2) is 8.42 Å². The Kier molecular flexibility index (Phi) is 8.60. The Labute approximate surface area is 194 Å². The van der Waals surface area contributed by atoms with Crippen LogP contribution in [0.1, 0.15) is 55.6 Å². The zero-order valence-electron chi connectivity index (χ0n) is 19.0. The van der Waals surface area contributed by atoms with Gasteiger partial charge in [0.2, 0.25) is 10.0 Å². The quantitative estimate of drug-likeness (QED) is 0.564. The van der Waals surface area contributed by atoms with Gasteiger partial charge in [0.05, 0.1) is 17.2 Å². The maximum absolute atomic E-state index is 12.7. The minimum Gasteiger partial charge on any atom is -0.449 e. The highest BCUT2D eigenvalue weighted by Crippen LogP contribution is 2.21. The van der Waals surface area contributed by atoms with E-state index in [-0.39, 0.29) is 23.1 Å². The number of pyridine rings is 1. The molecule has 2 aromatic heterocycles. The molecule has 1 saturated heterocycles. The molecule has 1 aliphatic heterocycles. The monoisotopic (exact) mass is 473 g/mol. The fraction of sp³-hybridized carbons (Fsp3) is 0.417. The molecule has 1 aromatic carbocycles. The van der Waals surface area contributed by atoms with Crippen molar-refractivity contribution in [1.82, 2.24) is 14.6 Å². The Morgan fingerprint density at radius 1 is 1.15 bits per heavy atom. The second kappa shape index (κ2) is 11.4. The van der Waals surface area contributed by atoms with Crippen molar-refractivity contribution in [3.63, 3.8) is 0 Å². The summed E-state index contributed by atoms with van der Waals surface area (Å²) < 4.78 is 32.3. The zero-order valence-corrected chi connectivity index (χ0v) is 19.8. The van der Waals surface area contributed by atoms with Crippen LogP contribution in [0.2, 0.25) is 0 Å². The van der Waals surface area contributed by atoms with Crippen LogP contribution in [0.15, 0.2) is 58.1 Å². The summed E-state index contributed by atoms with van der Waals surface area (Å²) in [6.45, 7) is 5.23. The summed E-state index contributed by atoms with van der Waals surface area (Å²) >= 11 is 0. The molecular weight excluding hydrogens is 442 g/mol. The van der Waals surface area contributed by atoms with E-state index in [1.165, 1.54) is 29.3 Å². The number of rotatable bonds is 6. The van der Waals surface area contributed by atoms with E-state index in [2.05, 4.69) is 24.1 Å². The number of amides is 1. The number of hydrogen-bond donors (Lipinski definition) is 2. The highest BCUT2D eigenvalue weighted by atomic mass is 32.2. The number of unbranched alkanes of at least 4 members (excludes halogenated alkanes) is 1. The summed E-state index contributed by atoms with van der Waals surface area (Å²) in [7, 11) is -3.58. The van der Waals surface area contributed by atoms with Crippen molar-refractivity contribution in [1.29, 1.82) is 0 Å². The number of piperidine rings is 1. The van der Waals surface area contributed by atoms with Gasteiger partial charge in [-0.15, -0.1) is 0 Å². The number of sulfonamides is 1. The van der Waals surface area contributed by atoms with Crippen LogP contribution in [0, 0.1) is 0 Å². The highest BCUT2D eigenvalue weighted by molar-refractivity contribution is 7.89. The number of aliphatic hydroxyl groups is 1. The third-order valence-electron chi connectivity index (χ3n) is 5.48. The summed E-state index contributed by atoms with van der Waals surface area (Å²) in [5.41, 5.74) is 1.31. The van der Waals surface area contributed by atoms with Crippen molar-refractivity contribution >= 4 is 26.9 Å². The summed E-state index contributed by atoms with van der Waals surface area (Å²) in [6.07, 6.45) is 6.27. The summed E-state index contributed by atoms with van der Waals surface area (Å²) in [6, 6.07) is 9.84. The van der Waals surface area contributed by atoms with Gasteiger partial charge in [-0.3, -0.25) is 9.78 Å². The van der Waals surface area contributed by atoms with Gasteiger partial charge in [0.15, 0.2) is 11.3 Å². The van der Waals surface area contributed by atoms with Crippen LogP contribution in [0.25, 0.3) is 11.0 Å². The van der Waals surface area contributed by atoms with E-state index in [0.29, 0.717) is 31.5 Å². The molecule has 4 rings (SSSR count). The van der Waals surface area contributed by atoms with E-state index in [1.54, 1.807) is 36.7 Å². The molecule has 3 heterocycles. The fourth-order valence-electron chi connectivity index (χ4n) is 3.28. The number of aliphatic hydroxyl groups excluding tert-OH is 1. The lowest BCUT2D eigenvalue weighted by molar-refractivity contribution is 0.0925. The zero-order chi connectivity index (χ0) is 23.8. The Hall–Kier alpha value is -2.75. The lowest BCUT2D eigenvalue weighted by Crippen LogP contribution is -2.39. The van der Waals surface area contributed by atoms with Crippen LogP contribution in [0.3, 0.4) is 0 Å². The highest BCUT2D eigenvalue weighted by Gasteiger charge is 2.28. The molecule has 0 radical (unpaired) electrons. The van der Waals surface area contributed by atoms with Crippen molar-refractivity contribution in [3.8, 4) is 0 Å². The molecular formula is C24H31N3O5S. The molecule has 0 bridgehead atoms. The van der Waals surface area contributed by atoms with Crippen LogP contribution < -0.4 is 5.32 Å². The standard InChI is InChI=1S/C20H21N3O5S.C4H10/c24-16-6-9-23(10-7-16)29(26,27)17-3-1-14(2-4-17)12-22-20(25)18-11-15-5-8-21-13-19(15)28-18;1-3-4-2/h1-5,8,11,13,16,24H,6-7,9-10,12H2,(H,22,25);3-4H2,1-2H3. The molecule has 0 saturated carbocycles. The van der Waals surface area contributed by atoms with Crippen molar-refractivity contribution in [2.24, 2.45) is 0 Å². The van der Waals surface area contributed by atoms with Crippen molar-refractivity contribution in [2.45, 2.75) is 57.1 Å². The van der Waals surface area contributed by atoms with Gasteiger partial charge >= 0.3 is 0 Å². The van der Waals surface area contributed by atoms with E-state index in [0.717, 1.165) is 10.9 Å². The first kappa shape index (κ1) is 24.9. The van der Waals surface area contributed by atoms with E-state index in [9.17, 15) is 18.3 Å². The molecule has 33 heavy (non-hydrogen) atoms. The number of carbonyl (C=O) groups excluding carboxylic acids is 1. The molecule has 8 nitrogen and oxygen atoms in total. The van der Waals surface area contributed by atoms with E-state index >= 15 is 0 Å². The first-order chi connectivity index (χ1) is 15.8. The van der Waals surface area contributed by atoms with Crippen LogP contribution >= 0.6 is 0 Å². The van der Waals surface area contributed by atoms with Gasteiger partial charge in [0.25, 0.3) is 5.91 Å². The van der Waals surface area contributed by atoms with Gasteiger partial charge in [-0.05, 0) is 42.7 Å². The van der Waals surface area contributed by atoms with Crippen molar-refractivity contribution < 1.29 is 22.7 Å². The summed E-state index contributed by atoms with van der Waals surface area (Å²) in [4.78, 5) is 16.5. The summed E-state index contributed by atoms with van der Waals surface area (Å²) in [5.74, 6) is -0.163. The number of nitrogens with one attached hydrogen (secondary N) is 1. The van der Waals surface area contributed by atoms with Gasteiger partial charge in [-0.2, -0.15) is 4.31 Å². The topological polar surface area (TPSA) is 113 Å². The Morgan fingerprint density at radius 2 is 1.82 bits per heavy atom. The predicted molar refractivity (Wildman–Crippen MR) is 126 cm³/mol. The minimum absolute atomic E-state index is 0.194.